The Balaban J connectivity index is 2.07. The van der Waals surface area contributed by atoms with Crippen LogP contribution in [0.25, 0.3) is 0 Å². The fraction of sp³-hybridized carbons (Fsp3) is 1.00. The zero-order chi connectivity index (χ0) is 13.6. The molecule has 5 nitrogen and oxygen atoms in total. The van der Waals surface area contributed by atoms with E-state index in [1.807, 2.05) is 20.9 Å². The molecule has 5 heteroatoms. The van der Waals surface area contributed by atoms with Crippen LogP contribution in [0.1, 0.15) is 20.8 Å². The van der Waals surface area contributed by atoms with Crippen LogP contribution in [0.3, 0.4) is 0 Å². The Hall–Kier alpha value is -0.200. The van der Waals surface area contributed by atoms with Gasteiger partial charge < -0.3 is 24.2 Å². The Morgan fingerprint density at radius 3 is 2.78 bits per heavy atom. The molecule has 0 aromatic carbocycles. The van der Waals surface area contributed by atoms with E-state index in [2.05, 4.69) is 11.8 Å². The van der Waals surface area contributed by atoms with E-state index in [-0.39, 0.29) is 12.7 Å². The smallest absolute Gasteiger partial charge is 0.163 e. The van der Waals surface area contributed by atoms with Gasteiger partial charge in [-0.2, -0.15) is 0 Å². The lowest BCUT2D eigenvalue weighted by atomic mass is 10.2. The van der Waals surface area contributed by atoms with Crippen molar-refractivity contribution in [3.63, 3.8) is 0 Å². The van der Waals surface area contributed by atoms with Crippen LogP contribution < -0.4 is 0 Å². The lowest BCUT2D eigenvalue weighted by Crippen LogP contribution is -2.30. The van der Waals surface area contributed by atoms with Crippen molar-refractivity contribution in [2.45, 2.75) is 32.7 Å². The van der Waals surface area contributed by atoms with Gasteiger partial charge in [0, 0.05) is 13.1 Å². The van der Waals surface area contributed by atoms with Crippen molar-refractivity contribution in [1.29, 1.82) is 0 Å². The minimum absolute atomic E-state index is 0.0439. The van der Waals surface area contributed by atoms with Gasteiger partial charge in [-0.15, -0.1) is 0 Å². The van der Waals surface area contributed by atoms with E-state index in [1.165, 1.54) is 0 Å². The summed E-state index contributed by atoms with van der Waals surface area (Å²) in [4.78, 5) is 2.10. The van der Waals surface area contributed by atoms with E-state index in [4.69, 9.17) is 19.3 Å². The third-order valence-electron chi connectivity index (χ3n) is 2.88. The van der Waals surface area contributed by atoms with Crippen molar-refractivity contribution in [2.75, 3.05) is 46.6 Å². The quantitative estimate of drug-likeness (QED) is 0.697. The summed E-state index contributed by atoms with van der Waals surface area (Å²) >= 11 is 0. The molecule has 0 aromatic rings. The van der Waals surface area contributed by atoms with E-state index in [0.717, 1.165) is 6.54 Å². The summed E-state index contributed by atoms with van der Waals surface area (Å²) in [6, 6.07) is 0. The van der Waals surface area contributed by atoms with Crippen LogP contribution >= 0.6 is 0 Å². The van der Waals surface area contributed by atoms with E-state index in [1.54, 1.807) is 0 Å². The van der Waals surface area contributed by atoms with E-state index in [0.29, 0.717) is 32.3 Å². The van der Waals surface area contributed by atoms with Gasteiger partial charge in [-0.25, -0.2) is 0 Å². The number of hydrogen-bond donors (Lipinski definition) is 1. The number of hydrogen-bond acceptors (Lipinski definition) is 5. The number of aliphatic hydroxyl groups excluding tert-OH is 1. The maximum absolute atomic E-state index is 8.81. The molecule has 1 aliphatic rings. The first-order chi connectivity index (χ1) is 8.43. The van der Waals surface area contributed by atoms with Crippen LogP contribution in [0.2, 0.25) is 0 Å². The Morgan fingerprint density at radius 1 is 1.50 bits per heavy atom. The molecule has 2 unspecified atom stereocenters. The number of ether oxygens (including phenoxy) is 3. The number of likely N-dealkylation sites (N-methyl/N-ethyl adjacent to an activating group) is 1. The van der Waals surface area contributed by atoms with Crippen molar-refractivity contribution in [1.82, 2.24) is 4.90 Å². The largest absolute Gasteiger partial charge is 0.395 e. The van der Waals surface area contributed by atoms with Gasteiger partial charge >= 0.3 is 0 Å². The maximum Gasteiger partial charge on any atom is 0.163 e. The number of rotatable bonds is 8. The predicted molar refractivity (Wildman–Crippen MR) is 69.5 cm³/mol. The molecule has 0 spiro atoms. The summed E-state index contributed by atoms with van der Waals surface area (Å²) in [5.41, 5.74) is 0. The minimum Gasteiger partial charge on any atom is -0.395 e. The van der Waals surface area contributed by atoms with Crippen molar-refractivity contribution >= 4 is 0 Å². The monoisotopic (exact) mass is 261 g/mol. The van der Waals surface area contributed by atoms with Crippen LogP contribution in [-0.4, -0.2) is 68.5 Å². The third-order valence-corrected chi connectivity index (χ3v) is 2.88. The van der Waals surface area contributed by atoms with Gasteiger partial charge in [0.2, 0.25) is 0 Å². The van der Waals surface area contributed by atoms with Gasteiger partial charge in [-0.05, 0) is 26.8 Å². The van der Waals surface area contributed by atoms with Crippen LogP contribution in [0.4, 0.5) is 0 Å². The molecule has 2 atom stereocenters. The average molecular weight is 261 g/mol. The second-order valence-electron chi connectivity index (χ2n) is 5.58. The standard InChI is InChI=1S/C13H27NO4/c1-11(7-14(4)5-6-15)8-16-9-12-10-17-13(2,3)18-12/h11-12,15H,5-10H2,1-4H3. The van der Waals surface area contributed by atoms with Gasteiger partial charge in [0.1, 0.15) is 6.10 Å². The molecule has 108 valence electrons. The van der Waals surface area contributed by atoms with E-state index >= 15 is 0 Å². The molecule has 0 bridgehead atoms. The summed E-state index contributed by atoms with van der Waals surface area (Å²) in [5.74, 6) is -0.0297. The van der Waals surface area contributed by atoms with Gasteiger partial charge in [0.25, 0.3) is 0 Å². The summed E-state index contributed by atoms with van der Waals surface area (Å²) in [6.07, 6.45) is 0.0439. The van der Waals surface area contributed by atoms with Crippen molar-refractivity contribution in [3.8, 4) is 0 Å². The first-order valence-electron chi connectivity index (χ1n) is 6.62. The summed E-state index contributed by atoms with van der Waals surface area (Å²) in [7, 11) is 2.00. The molecule has 0 amide bonds. The highest BCUT2D eigenvalue weighted by atomic mass is 16.7. The highest BCUT2D eigenvalue weighted by Gasteiger charge is 2.32. The zero-order valence-electron chi connectivity index (χ0n) is 12.0. The molecule has 0 radical (unpaired) electrons. The second-order valence-corrected chi connectivity index (χ2v) is 5.58. The molecule has 1 aliphatic heterocycles. The van der Waals surface area contributed by atoms with Crippen molar-refractivity contribution in [3.05, 3.63) is 0 Å². The van der Waals surface area contributed by atoms with E-state index < -0.39 is 5.79 Å². The molecule has 1 N–H and O–H groups in total. The molecule has 0 aromatic heterocycles. The normalized spacial score (nSPS) is 24.7. The number of aliphatic hydroxyl groups is 1. The van der Waals surface area contributed by atoms with Gasteiger partial charge in [0.15, 0.2) is 5.79 Å². The fourth-order valence-corrected chi connectivity index (χ4v) is 2.09. The molecule has 18 heavy (non-hydrogen) atoms. The topological polar surface area (TPSA) is 51.2 Å². The van der Waals surface area contributed by atoms with Gasteiger partial charge in [-0.3, -0.25) is 0 Å². The Morgan fingerprint density at radius 2 is 2.22 bits per heavy atom. The molecule has 1 rings (SSSR count). The first kappa shape index (κ1) is 15.9. The molecule has 0 saturated carbocycles. The number of nitrogens with zero attached hydrogens (tertiary/aromatic N) is 1. The first-order valence-corrected chi connectivity index (χ1v) is 6.62. The molecular weight excluding hydrogens is 234 g/mol. The van der Waals surface area contributed by atoms with Crippen LogP contribution in [-0.2, 0) is 14.2 Å². The highest BCUT2D eigenvalue weighted by Crippen LogP contribution is 2.22. The minimum atomic E-state index is -0.471. The van der Waals surface area contributed by atoms with Crippen molar-refractivity contribution < 1.29 is 19.3 Å². The lowest BCUT2D eigenvalue weighted by Gasteiger charge is -2.21. The van der Waals surface area contributed by atoms with E-state index in [9.17, 15) is 0 Å². The Labute approximate surface area is 110 Å². The van der Waals surface area contributed by atoms with Crippen molar-refractivity contribution in [2.24, 2.45) is 5.92 Å². The molecule has 1 fully saturated rings. The maximum atomic E-state index is 8.81. The average Bonchev–Trinajstić information content (AvgIpc) is 2.58. The van der Waals surface area contributed by atoms with Crippen LogP contribution in [0.5, 0.6) is 0 Å². The molecule has 1 saturated heterocycles. The van der Waals surface area contributed by atoms with Gasteiger partial charge in [-0.1, -0.05) is 6.92 Å². The second kappa shape index (κ2) is 7.40. The van der Waals surface area contributed by atoms with Crippen LogP contribution in [0.15, 0.2) is 0 Å². The highest BCUT2D eigenvalue weighted by molar-refractivity contribution is 4.70. The molecule has 0 aliphatic carbocycles. The summed E-state index contributed by atoms with van der Waals surface area (Å²) in [5, 5.41) is 8.81. The summed E-state index contributed by atoms with van der Waals surface area (Å²) in [6.45, 7) is 9.70. The third kappa shape index (κ3) is 6.11. The summed E-state index contributed by atoms with van der Waals surface area (Å²) < 4.78 is 16.8. The SMILES string of the molecule is CC(COCC1COC(C)(C)O1)CN(C)CCO. The van der Waals surface area contributed by atoms with Gasteiger partial charge in [0.05, 0.1) is 26.4 Å². The Bertz CT molecular complexity index is 235. The molecule has 1 heterocycles. The predicted octanol–water partition coefficient (Wildman–Crippen LogP) is 0.715. The fourth-order valence-electron chi connectivity index (χ4n) is 2.09. The zero-order valence-corrected chi connectivity index (χ0v) is 12.0. The van der Waals surface area contributed by atoms with Crippen LogP contribution in [0, 0.1) is 5.92 Å². The Kier molecular flexibility index (Phi) is 6.52. The molecular formula is C13H27NO4. The lowest BCUT2D eigenvalue weighted by molar-refractivity contribution is -0.145.